The first-order chi connectivity index (χ1) is 11.8. The van der Waals surface area contributed by atoms with E-state index in [0.717, 1.165) is 29.6 Å². The summed E-state index contributed by atoms with van der Waals surface area (Å²) < 4.78 is 5.75. The average molecular weight is 350 g/mol. The van der Waals surface area contributed by atoms with Crippen molar-refractivity contribution in [2.45, 2.75) is 71.5 Å². The number of Topliss-reactive ketones (excluding diaryl/α,β-unsaturated/α-hetero) is 1. The van der Waals surface area contributed by atoms with Gasteiger partial charge >= 0.3 is 0 Å². The summed E-state index contributed by atoms with van der Waals surface area (Å²) in [6.07, 6.45) is 7.34. The van der Waals surface area contributed by atoms with Gasteiger partial charge in [0, 0.05) is 6.42 Å². The number of aliphatic hydroxyl groups excluding tert-OH is 2. The van der Waals surface area contributed by atoms with Gasteiger partial charge in [0.1, 0.15) is 5.60 Å². The minimum absolute atomic E-state index is 0.00537. The van der Waals surface area contributed by atoms with E-state index in [1.54, 1.807) is 6.08 Å². The number of ketones is 1. The Bertz CT molecular complexity index is 530. The van der Waals surface area contributed by atoms with Gasteiger partial charge in [-0.1, -0.05) is 43.7 Å². The topological polar surface area (TPSA) is 70.1 Å². The number of carbonyl (C=O) groups excluding carboxylic acids is 1. The van der Waals surface area contributed by atoms with Crippen LogP contribution < -0.4 is 0 Å². The normalized spacial score (nSPS) is 23.9. The summed E-state index contributed by atoms with van der Waals surface area (Å²) in [7, 11) is 0. The molecule has 0 aromatic rings. The third-order valence-corrected chi connectivity index (χ3v) is 5.08. The fourth-order valence-electron chi connectivity index (χ4n) is 2.82. The minimum atomic E-state index is -0.457. The second-order valence-corrected chi connectivity index (χ2v) is 7.44. The summed E-state index contributed by atoms with van der Waals surface area (Å²) in [5, 5.41) is 18.5. The molecule has 0 bridgehead atoms. The molecule has 4 heteroatoms. The molecular formula is C21H34O4. The Balaban J connectivity index is 2.44. The highest BCUT2D eigenvalue weighted by atomic mass is 16.6. The fourth-order valence-corrected chi connectivity index (χ4v) is 2.82. The molecule has 0 radical (unpaired) electrons. The molecule has 0 saturated carbocycles. The molecule has 0 aliphatic carbocycles. The molecule has 1 saturated heterocycles. The molecule has 0 spiro atoms. The van der Waals surface area contributed by atoms with E-state index in [2.05, 4.69) is 6.58 Å². The van der Waals surface area contributed by atoms with Gasteiger partial charge in [-0.05, 0) is 51.0 Å². The molecule has 1 rings (SSSR count). The highest BCUT2D eigenvalue weighted by Gasteiger charge is 2.54. The summed E-state index contributed by atoms with van der Waals surface area (Å²) in [4.78, 5) is 12.2. The highest BCUT2D eigenvalue weighted by Crippen LogP contribution is 2.43. The van der Waals surface area contributed by atoms with Crippen LogP contribution in [-0.4, -0.2) is 40.9 Å². The molecule has 1 aliphatic rings. The first-order valence-electron chi connectivity index (χ1n) is 9.18. The van der Waals surface area contributed by atoms with E-state index in [1.807, 2.05) is 33.8 Å². The van der Waals surface area contributed by atoms with Crippen LogP contribution in [-0.2, 0) is 9.53 Å². The van der Waals surface area contributed by atoms with Gasteiger partial charge in [0.05, 0.1) is 19.3 Å². The van der Waals surface area contributed by atoms with Crippen molar-refractivity contribution in [1.82, 2.24) is 0 Å². The van der Waals surface area contributed by atoms with E-state index in [4.69, 9.17) is 9.84 Å². The summed E-state index contributed by atoms with van der Waals surface area (Å²) in [5.41, 5.74) is 2.40. The molecule has 0 unspecified atom stereocenters. The van der Waals surface area contributed by atoms with Crippen LogP contribution in [0.5, 0.6) is 0 Å². The molecule has 0 aromatic heterocycles. The number of hydrogen-bond acceptors (Lipinski definition) is 4. The van der Waals surface area contributed by atoms with Crippen molar-refractivity contribution in [3.8, 4) is 0 Å². The number of aliphatic hydroxyl groups is 2. The lowest BCUT2D eigenvalue weighted by Crippen LogP contribution is -2.20. The Morgan fingerprint density at radius 1 is 1.28 bits per heavy atom. The molecule has 142 valence electrons. The quantitative estimate of drug-likeness (QED) is 0.320. The van der Waals surface area contributed by atoms with E-state index >= 15 is 0 Å². The molecule has 1 heterocycles. The number of ether oxygens (including phenoxy) is 1. The summed E-state index contributed by atoms with van der Waals surface area (Å²) in [6, 6.07) is 0. The predicted octanol–water partition coefficient (Wildman–Crippen LogP) is 3.73. The van der Waals surface area contributed by atoms with Crippen molar-refractivity contribution < 1.29 is 19.7 Å². The van der Waals surface area contributed by atoms with Crippen LogP contribution in [0.15, 0.2) is 35.5 Å². The van der Waals surface area contributed by atoms with Gasteiger partial charge in [0.2, 0.25) is 0 Å². The predicted molar refractivity (Wildman–Crippen MR) is 101 cm³/mol. The first kappa shape index (κ1) is 21.8. The van der Waals surface area contributed by atoms with Gasteiger partial charge in [-0.3, -0.25) is 4.79 Å². The molecule has 4 nitrogen and oxygen atoms in total. The van der Waals surface area contributed by atoms with E-state index < -0.39 is 5.60 Å². The van der Waals surface area contributed by atoms with Crippen molar-refractivity contribution in [3.63, 3.8) is 0 Å². The van der Waals surface area contributed by atoms with Crippen molar-refractivity contribution in [3.05, 3.63) is 35.5 Å². The molecular weight excluding hydrogens is 316 g/mol. The van der Waals surface area contributed by atoms with Crippen LogP contribution in [0, 0.1) is 5.92 Å². The monoisotopic (exact) mass is 350 g/mol. The van der Waals surface area contributed by atoms with Crippen molar-refractivity contribution in [2.75, 3.05) is 13.2 Å². The van der Waals surface area contributed by atoms with Crippen LogP contribution in [0.25, 0.3) is 0 Å². The zero-order valence-electron chi connectivity index (χ0n) is 16.2. The Morgan fingerprint density at radius 2 is 1.96 bits per heavy atom. The largest absolute Gasteiger partial charge is 0.393 e. The SMILES string of the molecule is C=C(CC(=O)/C(C)=C/CC[C@]1(CO)O[C@@H]1CC/C(C)=C\CO)C(C)C. The first-order valence-corrected chi connectivity index (χ1v) is 9.18. The van der Waals surface area contributed by atoms with Crippen molar-refractivity contribution in [1.29, 1.82) is 0 Å². The maximum atomic E-state index is 12.2. The molecule has 1 aliphatic heterocycles. The highest BCUT2D eigenvalue weighted by molar-refractivity contribution is 5.96. The number of hydrogen-bond donors (Lipinski definition) is 2. The summed E-state index contributed by atoms with van der Waals surface area (Å²) in [6.45, 7) is 11.9. The lowest BCUT2D eigenvalue weighted by molar-refractivity contribution is -0.115. The Kier molecular flexibility index (Phi) is 8.77. The average Bonchev–Trinajstić information content (AvgIpc) is 3.26. The zero-order chi connectivity index (χ0) is 19.0. The molecule has 1 fully saturated rings. The Morgan fingerprint density at radius 3 is 2.52 bits per heavy atom. The lowest BCUT2D eigenvalue weighted by Gasteiger charge is -2.10. The standard InChI is InChI=1S/C21H34O4/c1-15(2)18(5)13-19(24)17(4)7-6-11-21(14-23)20(25-21)9-8-16(3)10-12-22/h7,10,15,20,22-23H,5-6,8-9,11-14H2,1-4H3/b16-10-,17-7+/t20-,21-/m1/s1. The fraction of sp³-hybridized carbons (Fsp3) is 0.667. The van der Waals surface area contributed by atoms with E-state index in [9.17, 15) is 9.90 Å². The number of rotatable bonds is 12. The van der Waals surface area contributed by atoms with Crippen LogP contribution in [0.1, 0.15) is 59.8 Å². The van der Waals surface area contributed by atoms with Gasteiger partial charge in [-0.25, -0.2) is 0 Å². The van der Waals surface area contributed by atoms with E-state index in [0.29, 0.717) is 25.2 Å². The number of carbonyl (C=O) groups is 1. The van der Waals surface area contributed by atoms with Crippen LogP contribution in [0.3, 0.4) is 0 Å². The van der Waals surface area contributed by atoms with Crippen molar-refractivity contribution in [2.24, 2.45) is 5.92 Å². The molecule has 2 N–H and O–H groups in total. The second kappa shape index (κ2) is 10.0. The second-order valence-electron chi connectivity index (χ2n) is 7.44. The minimum Gasteiger partial charge on any atom is -0.393 e. The maximum absolute atomic E-state index is 12.2. The van der Waals surface area contributed by atoms with Crippen molar-refractivity contribution >= 4 is 5.78 Å². The van der Waals surface area contributed by atoms with Crippen LogP contribution in [0.2, 0.25) is 0 Å². The van der Waals surface area contributed by atoms with Gasteiger partial charge < -0.3 is 14.9 Å². The van der Waals surface area contributed by atoms with E-state index in [1.165, 1.54) is 0 Å². The molecule has 0 amide bonds. The molecule has 0 aromatic carbocycles. The van der Waals surface area contributed by atoms with Crippen LogP contribution >= 0.6 is 0 Å². The molecule has 25 heavy (non-hydrogen) atoms. The third-order valence-electron chi connectivity index (χ3n) is 5.08. The number of epoxide rings is 1. The zero-order valence-corrected chi connectivity index (χ0v) is 16.2. The third kappa shape index (κ3) is 6.89. The van der Waals surface area contributed by atoms with Gasteiger partial charge in [0.15, 0.2) is 5.78 Å². The smallest absolute Gasteiger partial charge is 0.162 e. The summed E-state index contributed by atoms with van der Waals surface area (Å²) in [5.74, 6) is 0.438. The van der Waals surface area contributed by atoms with Crippen LogP contribution in [0.4, 0.5) is 0 Å². The number of allylic oxidation sites excluding steroid dienone is 4. The van der Waals surface area contributed by atoms with Gasteiger partial charge in [-0.2, -0.15) is 0 Å². The summed E-state index contributed by atoms with van der Waals surface area (Å²) >= 11 is 0. The lowest BCUT2D eigenvalue weighted by atomic mass is 9.94. The Labute approximate surface area is 152 Å². The Hall–Kier alpha value is -1.23. The maximum Gasteiger partial charge on any atom is 0.162 e. The van der Waals surface area contributed by atoms with Gasteiger partial charge in [-0.15, -0.1) is 0 Å². The van der Waals surface area contributed by atoms with E-state index in [-0.39, 0.29) is 25.1 Å². The molecule has 2 atom stereocenters. The van der Waals surface area contributed by atoms with Gasteiger partial charge in [0.25, 0.3) is 0 Å².